The first-order valence-corrected chi connectivity index (χ1v) is 8.53. The van der Waals surface area contributed by atoms with Crippen molar-refractivity contribution >= 4 is 17.2 Å². The lowest BCUT2D eigenvalue weighted by atomic mass is 9.85. The van der Waals surface area contributed by atoms with Crippen LogP contribution in [0.5, 0.6) is 0 Å². The standard InChI is InChI=1S/C17H21N3OS/c1-3-20-10-4-9-17(20,16(18)21)14-7-5-13(6-8-14)15-12(2)19-11-22-15/h5-8,11H,3-4,9-10H2,1-2H3,(H2,18,21). The number of rotatable bonds is 4. The summed E-state index contributed by atoms with van der Waals surface area (Å²) in [5.74, 6) is -0.242. The molecule has 4 nitrogen and oxygen atoms in total. The van der Waals surface area contributed by atoms with Crippen molar-refractivity contribution in [3.63, 3.8) is 0 Å². The molecule has 0 aliphatic carbocycles. The van der Waals surface area contributed by atoms with Crippen LogP contribution in [0.3, 0.4) is 0 Å². The predicted molar refractivity (Wildman–Crippen MR) is 89.6 cm³/mol. The number of nitrogens with two attached hydrogens (primary N) is 1. The lowest BCUT2D eigenvalue weighted by Gasteiger charge is -2.35. The van der Waals surface area contributed by atoms with Crippen molar-refractivity contribution in [2.75, 3.05) is 13.1 Å². The van der Waals surface area contributed by atoms with Crippen LogP contribution in [-0.2, 0) is 10.3 Å². The molecule has 0 bridgehead atoms. The fourth-order valence-corrected chi connectivity index (χ4v) is 4.34. The van der Waals surface area contributed by atoms with Gasteiger partial charge in [0.1, 0.15) is 5.54 Å². The number of aryl methyl sites for hydroxylation is 1. The van der Waals surface area contributed by atoms with E-state index in [2.05, 4.69) is 28.9 Å². The second-order valence-electron chi connectivity index (χ2n) is 5.75. The number of likely N-dealkylation sites (N-methyl/N-ethyl adjacent to an activating group) is 1. The van der Waals surface area contributed by atoms with Crippen molar-refractivity contribution in [1.82, 2.24) is 9.88 Å². The van der Waals surface area contributed by atoms with Crippen LogP contribution in [0.1, 0.15) is 31.0 Å². The molecule has 2 aromatic rings. The van der Waals surface area contributed by atoms with E-state index in [9.17, 15) is 4.79 Å². The molecule has 1 amide bonds. The summed E-state index contributed by atoms with van der Waals surface area (Å²) in [5, 5.41) is 0. The molecule has 1 aromatic heterocycles. The fraction of sp³-hybridized carbons (Fsp3) is 0.412. The van der Waals surface area contributed by atoms with Gasteiger partial charge in [-0.1, -0.05) is 31.2 Å². The van der Waals surface area contributed by atoms with Crippen LogP contribution < -0.4 is 5.73 Å². The highest BCUT2D eigenvalue weighted by Gasteiger charge is 2.46. The summed E-state index contributed by atoms with van der Waals surface area (Å²) in [6.45, 7) is 5.85. The average Bonchev–Trinajstić information content (AvgIpc) is 3.13. The minimum absolute atomic E-state index is 0.242. The Labute approximate surface area is 135 Å². The molecule has 1 atom stereocenters. The zero-order chi connectivity index (χ0) is 15.7. The second-order valence-corrected chi connectivity index (χ2v) is 6.61. The lowest BCUT2D eigenvalue weighted by Crippen LogP contribution is -2.51. The molecule has 2 heterocycles. The summed E-state index contributed by atoms with van der Waals surface area (Å²) < 4.78 is 0. The van der Waals surface area contributed by atoms with Crippen LogP contribution in [-0.4, -0.2) is 28.9 Å². The van der Waals surface area contributed by atoms with Gasteiger partial charge < -0.3 is 5.73 Å². The highest BCUT2D eigenvalue weighted by Crippen LogP contribution is 2.39. The number of primary amides is 1. The molecule has 1 saturated heterocycles. The number of thiazole rings is 1. The number of aromatic nitrogens is 1. The largest absolute Gasteiger partial charge is 0.368 e. The monoisotopic (exact) mass is 315 g/mol. The Morgan fingerprint density at radius 3 is 2.68 bits per heavy atom. The maximum atomic E-state index is 12.2. The molecule has 0 radical (unpaired) electrons. The van der Waals surface area contributed by atoms with Gasteiger partial charge in [-0.05, 0) is 44.0 Å². The molecule has 1 aliphatic rings. The quantitative estimate of drug-likeness (QED) is 0.943. The maximum Gasteiger partial charge on any atom is 0.242 e. The summed E-state index contributed by atoms with van der Waals surface area (Å²) in [4.78, 5) is 19.9. The lowest BCUT2D eigenvalue weighted by molar-refractivity contribution is -0.129. The third kappa shape index (κ3) is 2.25. The number of benzene rings is 1. The maximum absolute atomic E-state index is 12.2. The molecule has 5 heteroatoms. The third-order valence-electron chi connectivity index (χ3n) is 4.67. The predicted octanol–water partition coefficient (Wildman–Crippen LogP) is 2.91. The zero-order valence-corrected chi connectivity index (χ0v) is 13.8. The van der Waals surface area contributed by atoms with Crippen LogP contribution in [0, 0.1) is 6.92 Å². The second kappa shape index (κ2) is 5.82. The summed E-state index contributed by atoms with van der Waals surface area (Å²) in [6.07, 6.45) is 1.81. The topological polar surface area (TPSA) is 59.2 Å². The van der Waals surface area contributed by atoms with Crippen molar-refractivity contribution in [3.05, 3.63) is 41.0 Å². The summed E-state index contributed by atoms with van der Waals surface area (Å²) in [5.41, 5.74) is 10.2. The summed E-state index contributed by atoms with van der Waals surface area (Å²) in [6, 6.07) is 8.25. The Morgan fingerprint density at radius 1 is 1.41 bits per heavy atom. The fourth-order valence-electron chi connectivity index (χ4n) is 3.53. The van der Waals surface area contributed by atoms with E-state index in [0.717, 1.165) is 42.8 Å². The summed E-state index contributed by atoms with van der Waals surface area (Å²) >= 11 is 1.64. The molecule has 1 fully saturated rings. The van der Waals surface area contributed by atoms with Crippen molar-refractivity contribution in [2.45, 2.75) is 32.2 Å². The Hall–Kier alpha value is -1.72. The van der Waals surface area contributed by atoms with Crippen molar-refractivity contribution in [1.29, 1.82) is 0 Å². The Morgan fingerprint density at radius 2 is 2.14 bits per heavy atom. The van der Waals surface area contributed by atoms with E-state index in [1.54, 1.807) is 11.3 Å². The molecule has 116 valence electrons. The van der Waals surface area contributed by atoms with Crippen molar-refractivity contribution < 1.29 is 4.79 Å². The van der Waals surface area contributed by atoms with Crippen LogP contribution in [0.4, 0.5) is 0 Å². The molecule has 1 aromatic carbocycles. The molecule has 2 N–H and O–H groups in total. The van der Waals surface area contributed by atoms with Gasteiger partial charge in [-0.3, -0.25) is 9.69 Å². The molecule has 0 spiro atoms. The normalized spacial score (nSPS) is 22.1. The van der Waals surface area contributed by atoms with E-state index in [1.807, 2.05) is 24.6 Å². The number of hydrogen-bond acceptors (Lipinski definition) is 4. The van der Waals surface area contributed by atoms with E-state index in [0.29, 0.717) is 0 Å². The van der Waals surface area contributed by atoms with Gasteiger partial charge in [0.2, 0.25) is 5.91 Å². The van der Waals surface area contributed by atoms with Crippen LogP contribution in [0.25, 0.3) is 10.4 Å². The first-order valence-electron chi connectivity index (χ1n) is 7.65. The zero-order valence-electron chi connectivity index (χ0n) is 13.0. The van der Waals surface area contributed by atoms with Gasteiger partial charge in [-0.25, -0.2) is 4.98 Å². The smallest absolute Gasteiger partial charge is 0.242 e. The number of amides is 1. The minimum Gasteiger partial charge on any atom is -0.368 e. The highest BCUT2D eigenvalue weighted by atomic mass is 32.1. The number of nitrogens with zero attached hydrogens (tertiary/aromatic N) is 2. The van der Waals surface area contributed by atoms with E-state index in [4.69, 9.17) is 5.73 Å². The van der Waals surface area contributed by atoms with Gasteiger partial charge in [0.05, 0.1) is 16.1 Å². The van der Waals surface area contributed by atoms with Crippen LogP contribution in [0.15, 0.2) is 29.8 Å². The van der Waals surface area contributed by atoms with Gasteiger partial charge in [0, 0.05) is 0 Å². The minimum atomic E-state index is -0.643. The Kier molecular flexibility index (Phi) is 4.02. The number of carbonyl (C=O) groups is 1. The van der Waals surface area contributed by atoms with Gasteiger partial charge >= 0.3 is 0 Å². The summed E-state index contributed by atoms with van der Waals surface area (Å²) in [7, 11) is 0. The van der Waals surface area contributed by atoms with Crippen molar-refractivity contribution in [3.8, 4) is 10.4 Å². The highest BCUT2D eigenvalue weighted by molar-refractivity contribution is 7.13. The number of carbonyl (C=O) groups excluding carboxylic acids is 1. The van der Waals surface area contributed by atoms with Crippen LogP contribution >= 0.6 is 11.3 Å². The molecule has 1 unspecified atom stereocenters. The molecular weight excluding hydrogens is 294 g/mol. The van der Waals surface area contributed by atoms with E-state index in [-0.39, 0.29) is 5.91 Å². The Balaban J connectivity index is 2.01. The third-order valence-corrected chi connectivity index (χ3v) is 5.64. The van der Waals surface area contributed by atoms with E-state index >= 15 is 0 Å². The molecule has 1 aliphatic heterocycles. The van der Waals surface area contributed by atoms with E-state index < -0.39 is 5.54 Å². The molecular formula is C17H21N3OS. The van der Waals surface area contributed by atoms with Crippen molar-refractivity contribution in [2.24, 2.45) is 5.73 Å². The van der Waals surface area contributed by atoms with Crippen LogP contribution in [0.2, 0.25) is 0 Å². The number of likely N-dealkylation sites (tertiary alicyclic amines) is 1. The van der Waals surface area contributed by atoms with Gasteiger partial charge in [-0.15, -0.1) is 11.3 Å². The van der Waals surface area contributed by atoms with Gasteiger partial charge in [0.15, 0.2) is 0 Å². The van der Waals surface area contributed by atoms with E-state index in [1.165, 1.54) is 4.88 Å². The molecule has 3 rings (SSSR count). The van der Waals surface area contributed by atoms with Gasteiger partial charge in [0.25, 0.3) is 0 Å². The average molecular weight is 315 g/mol. The van der Waals surface area contributed by atoms with Gasteiger partial charge in [-0.2, -0.15) is 0 Å². The first kappa shape index (κ1) is 15.2. The molecule has 0 saturated carbocycles. The molecule has 22 heavy (non-hydrogen) atoms. The SMILES string of the molecule is CCN1CCCC1(C(N)=O)c1ccc(-c2scnc2C)cc1. The number of hydrogen-bond donors (Lipinski definition) is 1. The Bertz CT molecular complexity index is 679. The first-order chi connectivity index (χ1) is 10.6.